The Labute approximate surface area is 87.1 Å². The number of nitrogens with one attached hydrogen (secondary N) is 2. The average Bonchev–Trinajstić information content (AvgIpc) is 2.71. The van der Waals surface area contributed by atoms with Crippen molar-refractivity contribution in [2.75, 3.05) is 5.43 Å². The summed E-state index contributed by atoms with van der Waals surface area (Å²) in [6.07, 6.45) is 1.74. The Morgan fingerprint density at radius 3 is 2.43 bits per heavy atom. The molecule has 0 bridgehead atoms. The van der Waals surface area contributed by atoms with Crippen LogP contribution in [-0.4, -0.2) is 15.4 Å². The maximum absolute atomic E-state index is 5.23. The zero-order valence-electron chi connectivity index (χ0n) is 7.27. The number of hydrogen-bond donors (Lipinski definition) is 3. The van der Waals surface area contributed by atoms with E-state index in [1.165, 1.54) is 0 Å². The molecule has 6 heteroatoms. The van der Waals surface area contributed by atoms with Crippen LogP contribution in [0.5, 0.6) is 0 Å². The van der Waals surface area contributed by atoms with Crippen molar-refractivity contribution in [3.8, 4) is 11.3 Å². The van der Waals surface area contributed by atoms with E-state index in [1.807, 2.05) is 24.3 Å². The molecule has 0 atom stereocenters. The van der Waals surface area contributed by atoms with Crippen molar-refractivity contribution in [3.05, 3.63) is 30.5 Å². The van der Waals surface area contributed by atoms with E-state index in [1.54, 1.807) is 6.20 Å². The monoisotopic (exact) mass is 211 g/mol. The van der Waals surface area contributed by atoms with Crippen molar-refractivity contribution in [1.29, 1.82) is 0 Å². The van der Waals surface area contributed by atoms with Crippen LogP contribution >= 0.6 is 12.4 Å². The molecule has 0 aliphatic heterocycles. The van der Waals surface area contributed by atoms with Crippen LogP contribution in [0.15, 0.2) is 30.5 Å². The predicted octanol–water partition coefficient (Wildman–Crippen LogP) is 1.18. The topological polar surface area (TPSA) is 79.6 Å². The number of aromatic amines is 1. The highest BCUT2D eigenvalue weighted by molar-refractivity contribution is 5.85. The zero-order chi connectivity index (χ0) is 9.10. The Morgan fingerprint density at radius 1 is 1.21 bits per heavy atom. The van der Waals surface area contributed by atoms with Crippen molar-refractivity contribution >= 4 is 18.1 Å². The lowest BCUT2D eigenvalue weighted by atomic mass is 10.1. The lowest BCUT2D eigenvalue weighted by molar-refractivity contribution is 0.942. The van der Waals surface area contributed by atoms with Crippen LogP contribution in [0.25, 0.3) is 11.3 Å². The predicted molar refractivity (Wildman–Crippen MR) is 56.9 cm³/mol. The van der Waals surface area contributed by atoms with E-state index in [2.05, 4.69) is 20.8 Å². The van der Waals surface area contributed by atoms with E-state index >= 15 is 0 Å². The lowest BCUT2D eigenvalue weighted by Crippen LogP contribution is -2.05. The molecule has 14 heavy (non-hydrogen) atoms. The number of benzene rings is 1. The van der Waals surface area contributed by atoms with Gasteiger partial charge in [-0.3, -0.25) is 10.9 Å². The fourth-order valence-electron chi connectivity index (χ4n) is 1.08. The first kappa shape index (κ1) is 10.5. The summed E-state index contributed by atoms with van der Waals surface area (Å²) in [6, 6.07) is 7.61. The Bertz CT molecular complexity index is 369. The van der Waals surface area contributed by atoms with Crippen molar-refractivity contribution in [2.45, 2.75) is 0 Å². The molecule has 1 aromatic carbocycles. The molecule has 1 heterocycles. The quantitative estimate of drug-likeness (QED) is 0.515. The second-order valence-electron chi connectivity index (χ2n) is 2.58. The van der Waals surface area contributed by atoms with Crippen LogP contribution in [0.1, 0.15) is 0 Å². The largest absolute Gasteiger partial charge is 0.324 e. The van der Waals surface area contributed by atoms with Gasteiger partial charge in [-0.15, -0.1) is 17.5 Å². The highest BCUT2D eigenvalue weighted by Crippen LogP contribution is 2.17. The summed E-state index contributed by atoms with van der Waals surface area (Å²) in [7, 11) is 0. The molecule has 0 aliphatic carbocycles. The molecule has 0 amide bonds. The Morgan fingerprint density at radius 2 is 1.93 bits per heavy atom. The van der Waals surface area contributed by atoms with Crippen molar-refractivity contribution < 1.29 is 0 Å². The molecule has 0 aliphatic rings. The number of anilines is 1. The fraction of sp³-hybridized carbons (Fsp3) is 0. The molecular weight excluding hydrogens is 202 g/mol. The molecule has 0 saturated carbocycles. The van der Waals surface area contributed by atoms with Gasteiger partial charge in [0.25, 0.3) is 0 Å². The Hall–Kier alpha value is -1.59. The van der Waals surface area contributed by atoms with E-state index in [0.29, 0.717) is 0 Å². The van der Waals surface area contributed by atoms with Gasteiger partial charge in [0.15, 0.2) is 0 Å². The number of rotatable bonds is 2. The Kier molecular flexibility index (Phi) is 3.44. The molecule has 5 nitrogen and oxygen atoms in total. The molecule has 0 saturated heterocycles. The van der Waals surface area contributed by atoms with Crippen molar-refractivity contribution in [1.82, 2.24) is 15.4 Å². The van der Waals surface area contributed by atoms with E-state index < -0.39 is 0 Å². The molecular formula is C8H10ClN5. The van der Waals surface area contributed by atoms with Gasteiger partial charge >= 0.3 is 0 Å². The van der Waals surface area contributed by atoms with Crippen LogP contribution in [0.2, 0.25) is 0 Å². The second kappa shape index (κ2) is 4.59. The maximum atomic E-state index is 5.23. The molecule has 2 aromatic rings. The molecule has 4 N–H and O–H groups in total. The van der Waals surface area contributed by atoms with Gasteiger partial charge in [0.2, 0.25) is 0 Å². The van der Waals surface area contributed by atoms with E-state index in [4.69, 9.17) is 5.84 Å². The number of H-pyrrole nitrogens is 1. The number of hydrazine groups is 1. The summed E-state index contributed by atoms with van der Waals surface area (Å²) >= 11 is 0. The third kappa shape index (κ3) is 2.01. The van der Waals surface area contributed by atoms with Gasteiger partial charge in [0, 0.05) is 17.4 Å². The fourth-order valence-corrected chi connectivity index (χ4v) is 1.08. The van der Waals surface area contributed by atoms with Crippen LogP contribution in [0, 0.1) is 0 Å². The van der Waals surface area contributed by atoms with E-state index in [9.17, 15) is 0 Å². The summed E-state index contributed by atoms with van der Waals surface area (Å²) in [5.74, 6) is 5.23. The van der Waals surface area contributed by atoms with Gasteiger partial charge in [-0.05, 0) is 12.1 Å². The van der Waals surface area contributed by atoms with Crippen LogP contribution < -0.4 is 11.3 Å². The molecule has 0 radical (unpaired) electrons. The minimum Gasteiger partial charge on any atom is -0.324 e. The number of nitrogen functional groups attached to an aromatic ring is 1. The minimum absolute atomic E-state index is 0. The molecule has 74 valence electrons. The first-order valence-corrected chi connectivity index (χ1v) is 3.83. The average molecular weight is 212 g/mol. The number of aromatic nitrogens is 3. The summed E-state index contributed by atoms with van der Waals surface area (Å²) in [5.41, 5.74) is 5.25. The number of hydrogen-bond acceptors (Lipinski definition) is 4. The maximum Gasteiger partial charge on any atom is 0.112 e. The van der Waals surface area contributed by atoms with Gasteiger partial charge in [0.05, 0.1) is 0 Å². The molecule has 2 rings (SSSR count). The SMILES string of the molecule is Cl.NNc1ccc(-c2c[nH]nn2)cc1. The van der Waals surface area contributed by atoms with Gasteiger partial charge in [-0.25, -0.2) is 0 Å². The van der Waals surface area contributed by atoms with Gasteiger partial charge in [-0.1, -0.05) is 17.3 Å². The number of nitrogens with zero attached hydrogens (tertiary/aromatic N) is 2. The van der Waals surface area contributed by atoms with Crippen molar-refractivity contribution in [2.24, 2.45) is 5.84 Å². The van der Waals surface area contributed by atoms with Crippen molar-refractivity contribution in [3.63, 3.8) is 0 Å². The van der Waals surface area contributed by atoms with Crippen LogP contribution in [-0.2, 0) is 0 Å². The van der Waals surface area contributed by atoms with Crippen LogP contribution in [0.4, 0.5) is 5.69 Å². The summed E-state index contributed by atoms with van der Waals surface area (Å²) in [5, 5.41) is 10.2. The van der Waals surface area contributed by atoms with E-state index in [-0.39, 0.29) is 12.4 Å². The number of halogens is 1. The smallest absolute Gasteiger partial charge is 0.112 e. The Balaban J connectivity index is 0.000000980. The van der Waals surface area contributed by atoms with Gasteiger partial charge in [0.1, 0.15) is 5.69 Å². The third-order valence-corrected chi connectivity index (χ3v) is 1.76. The first-order chi connectivity index (χ1) is 6.40. The normalized spacial score (nSPS) is 9.21. The summed E-state index contributed by atoms with van der Waals surface area (Å²) in [4.78, 5) is 0. The van der Waals surface area contributed by atoms with E-state index in [0.717, 1.165) is 16.9 Å². The van der Waals surface area contributed by atoms with Crippen LogP contribution in [0.3, 0.4) is 0 Å². The third-order valence-electron chi connectivity index (χ3n) is 1.76. The van der Waals surface area contributed by atoms with Gasteiger partial charge < -0.3 is 5.43 Å². The summed E-state index contributed by atoms with van der Waals surface area (Å²) in [6.45, 7) is 0. The summed E-state index contributed by atoms with van der Waals surface area (Å²) < 4.78 is 0. The highest BCUT2D eigenvalue weighted by Gasteiger charge is 1.98. The molecule has 0 spiro atoms. The first-order valence-electron chi connectivity index (χ1n) is 3.83. The molecule has 0 unspecified atom stereocenters. The lowest BCUT2D eigenvalue weighted by Gasteiger charge is -1.99. The second-order valence-corrected chi connectivity index (χ2v) is 2.58. The molecule has 0 fully saturated rings. The minimum atomic E-state index is 0. The van der Waals surface area contributed by atoms with Gasteiger partial charge in [-0.2, -0.15) is 0 Å². The number of nitrogens with two attached hydrogens (primary N) is 1. The standard InChI is InChI=1S/C8H9N5.ClH/c9-11-7-3-1-6(2-4-7)8-5-10-13-12-8;/h1-5,11H,9H2,(H,10,12,13);1H. The zero-order valence-corrected chi connectivity index (χ0v) is 8.08. The highest BCUT2D eigenvalue weighted by atomic mass is 35.5. The molecule has 1 aromatic heterocycles.